The molecule has 0 aromatic carbocycles. The molecule has 0 aromatic heterocycles. The molecule has 1 saturated carbocycles. The number of nitrogens with one attached hydrogen (secondary N) is 1. The molecule has 0 aromatic rings. The van der Waals surface area contributed by atoms with Crippen molar-refractivity contribution in [3.8, 4) is 0 Å². The molecule has 0 unspecified atom stereocenters. The van der Waals surface area contributed by atoms with Gasteiger partial charge in [-0.25, -0.2) is 0 Å². The Hall–Kier alpha value is -0.570. The molecular formula is C9H17NO2. The molecule has 0 aliphatic heterocycles. The first-order valence-corrected chi connectivity index (χ1v) is 4.43. The first-order chi connectivity index (χ1) is 5.39. The van der Waals surface area contributed by atoms with Gasteiger partial charge in [0.15, 0.2) is 0 Å². The lowest BCUT2D eigenvalue weighted by molar-refractivity contribution is -0.138. The summed E-state index contributed by atoms with van der Waals surface area (Å²) in [5.41, 5.74) is -1.24. The molecule has 0 radical (unpaired) electrons. The molecule has 0 bridgehead atoms. The molecule has 1 amide bonds. The Morgan fingerprint density at radius 3 is 2.33 bits per heavy atom. The van der Waals surface area contributed by atoms with Crippen molar-refractivity contribution in [2.75, 3.05) is 0 Å². The second-order valence-electron chi connectivity index (χ2n) is 4.31. The molecule has 0 atom stereocenters. The van der Waals surface area contributed by atoms with E-state index in [1.807, 2.05) is 0 Å². The predicted octanol–water partition coefficient (Wildman–Crippen LogP) is 0.672. The van der Waals surface area contributed by atoms with Crippen LogP contribution in [0.5, 0.6) is 0 Å². The summed E-state index contributed by atoms with van der Waals surface area (Å²) in [5, 5.41) is 12.1. The molecule has 70 valence electrons. The number of carbonyl (C=O) groups excluding carboxylic acids is 1. The maximum Gasteiger partial charge on any atom is 0.251 e. The highest BCUT2D eigenvalue weighted by Gasteiger charge is 2.31. The SMILES string of the molecule is CC1CC(NC(=O)C(C)(C)O)C1. The fourth-order valence-corrected chi connectivity index (χ4v) is 1.38. The number of rotatable bonds is 2. The number of hydrogen-bond acceptors (Lipinski definition) is 2. The lowest BCUT2D eigenvalue weighted by Gasteiger charge is -2.34. The molecule has 12 heavy (non-hydrogen) atoms. The van der Waals surface area contributed by atoms with Crippen LogP contribution in [0.4, 0.5) is 0 Å². The van der Waals surface area contributed by atoms with Crippen molar-refractivity contribution in [3.63, 3.8) is 0 Å². The van der Waals surface area contributed by atoms with E-state index < -0.39 is 5.60 Å². The van der Waals surface area contributed by atoms with Crippen molar-refractivity contribution in [3.05, 3.63) is 0 Å². The van der Waals surface area contributed by atoms with Gasteiger partial charge in [-0.2, -0.15) is 0 Å². The van der Waals surface area contributed by atoms with Gasteiger partial charge in [-0.05, 0) is 32.6 Å². The van der Waals surface area contributed by atoms with Crippen molar-refractivity contribution in [1.82, 2.24) is 5.32 Å². The van der Waals surface area contributed by atoms with Gasteiger partial charge in [0.25, 0.3) is 5.91 Å². The highest BCUT2D eigenvalue weighted by molar-refractivity contribution is 5.84. The monoisotopic (exact) mass is 171 g/mol. The van der Waals surface area contributed by atoms with Gasteiger partial charge in [-0.1, -0.05) is 6.92 Å². The van der Waals surface area contributed by atoms with Crippen LogP contribution in [-0.2, 0) is 4.79 Å². The molecule has 2 N–H and O–H groups in total. The topological polar surface area (TPSA) is 49.3 Å². The van der Waals surface area contributed by atoms with Crippen LogP contribution in [0.25, 0.3) is 0 Å². The summed E-state index contributed by atoms with van der Waals surface area (Å²) < 4.78 is 0. The third-order valence-corrected chi connectivity index (χ3v) is 2.26. The normalized spacial score (nSPS) is 29.3. The molecule has 3 heteroatoms. The maximum absolute atomic E-state index is 11.2. The van der Waals surface area contributed by atoms with E-state index in [9.17, 15) is 9.90 Å². The zero-order valence-corrected chi connectivity index (χ0v) is 7.92. The summed E-state index contributed by atoms with van der Waals surface area (Å²) in [7, 11) is 0. The summed E-state index contributed by atoms with van der Waals surface area (Å²) in [6.45, 7) is 5.17. The largest absolute Gasteiger partial charge is 0.381 e. The van der Waals surface area contributed by atoms with Crippen LogP contribution in [0.15, 0.2) is 0 Å². The van der Waals surface area contributed by atoms with Crippen molar-refractivity contribution in [2.24, 2.45) is 5.92 Å². The van der Waals surface area contributed by atoms with E-state index in [1.165, 1.54) is 13.8 Å². The number of aliphatic hydroxyl groups is 1. The molecule has 3 nitrogen and oxygen atoms in total. The second-order valence-corrected chi connectivity index (χ2v) is 4.31. The Labute approximate surface area is 73.2 Å². The quantitative estimate of drug-likeness (QED) is 0.641. The molecule has 1 rings (SSSR count). The molecule has 1 aliphatic rings. The third-order valence-electron chi connectivity index (χ3n) is 2.26. The molecule has 0 saturated heterocycles. The summed E-state index contributed by atoms with van der Waals surface area (Å²) in [4.78, 5) is 11.2. The molecule has 1 fully saturated rings. The summed E-state index contributed by atoms with van der Waals surface area (Å²) in [6.07, 6.45) is 2.09. The van der Waals surface area contributed by atoms with Gasteiger partial charge in [0.1, 0.15) is 5.60 Å². The average Bonchev–Trinajstić information content (AvgIpc) is 1.82. The van der Waals surface area contributed by atoms with Crippen LogP contribution < -0.4 is 5.32 Å². The fraction of sp³-hybridized carbons (Fsp3) is 0.889. The fourth-order valence-electron chi connectivity index (χ4n) is 1.38. The Morgan fingerprint density at radius 1 is 1.50 bits per heavy atom. The van der Waals surface area contributed by atoms with Gasteiger partial charge in [-0.3, -0.25) is 4.79 Å². The van der Waals surface area contributed by atoms with Gasteiger partial charge in [-0.15, -0.1) is 0 Å². The van der Waals surface area contributed by atoms with E-state index in [-0.39, 0.29) is 5.91 Å². The van der Waals surface area contributed by atoms with Gasteiger partial charge < -0.3 is 10.4 Å². The first-order valence-electron chi connectivity index (χ1n) is 4.43. The van der Waals surface area contributed by atoms with Gasteiger partial charge in [0.05, 0.1) is 0 Å². The van der Waals surface area contributed by atoms with Crippen LogP contribution in [0.1, 0.15) is 33.6 Å². The van der Waals surface area contributed by atoms with Crippen molar-refractivity contribution in [2.45, 2.75) is 45.3 Å². The van der Waals surface area contributed by atoms with Crippen LogP contribution in [0.2, 0.25) is 0 Å². The number of amides is 1. The van der Waals surface area contributed by atoms with Gasteiger partial charge in [0, 0.05) is 6.04 Å². The van der Waals surface area contributed by atoms with Gasteiger partial charge >= 0.3 is 0 Å². The minimum Gasteiger partial charge on any atom is -0.381 e. The Kier molecular flexibility index (Phi) is 2.42. The highest BCUT2D eigenvalue weighted by atomic mass is 16.3. The Morgan fingerprint density at radius 2 is 2.00 bits per heavy atom. The highest BCUT2D eigenvalue weighted by Crippen LogP contribution is 2.26. The Bertz CT molecular complexity index is 177. The minimum atomic E-state index is -1.24. The zero-order valence-electron chi connectivity index (χ0n) is 7.92. The van der Waals surface area contributed by atoms with E-state index in [0.717, 1.165) is 18.8 Å². The number of hydrogen-bond donors (Lipinski definition) is 2. The first kappa shape index (κ1) is 9.52. The number of carbonyl (C=O) groups is 1. The smallest absolute Gasteiger partial charge is 0.251 e. The third kappa shape index (κ3) is 2.21. The average molecular weight is 171 g/mol. The molecule has 0 spiro atoms. The van der Waals surface area contributed by atoms with Crippen molar-refractivity contribution < 1.29 is 9.90 Å². The minimum absolute atomic E-state index is 0.264. The van der Waals surface area contributed by atoms with E-state index in [4.69, 9.17) is 0 Å². The van der Waals surface area contributed by atoms with Crippen molar-refractivity contribution >= 4 is 5.91 Å². The molecular weight excluding hydrogens is 154 g/mol. The lowest BCUT2D eigenvalue weighted by atomic mass is 9.81. The van der Waals surface area contributed by atoms with E-state index in [2.05, 4.69) is 12.2 Å². The predicted molar refractivity (Wildman–Crippen MR) is 46.6 cm³/mol. The van der Waals surface area contributed by atoms with Crippen LogP contribution in [0, 0.1) is 5.92 Å². The Balaban J connectivity index is 2.28. The summed E-state index contributed by atoms with van der Waals surface area (Å²) in [5.74, 6) is 0.455. The summed E-state index contributed by atoms with van der Waals surface area (Å²) >= 11 is 0. The van der Waals surface area contributed by atoms with Crippen LogP contribution in [-0.4, -0.2) is 22.7 Å². The van der Waals surface area contributed by atoms with Crippen molar-refractivity contribution in [1.29, 1.82) is 0 Å². The van der Waals surface area contributed by atoms with E-state index in [1.54, 1.807) is 0 Å². The maximum atomic E-state index is 11.2. The van der Waals surface area contributed by atoms with Crippen LogP contribution in [0.3, 0.4) is 0 Å². The van der Waals surface area contributed by atoms with E-state index >= 15 is 0 Å². The summed E-state index contributed by atoms with van der Waals surface area (Å²) in [6, 6.07) is 0.291. The standard InChI is InChI=1S/C9H17NO2/c1-6-4-7(5-6)10-8(11)9(2,3)12/h6-7,12H,4-5H2,1-3H3,(H,10,11). The molecule has 0 heterocycles. The van der Waals surface area contributed by atoms with Crippen LogP contribution >= 0.6 is 0 Å². The second kappa shape index (κ2) is 3.05. The van der Waals surface area contributed by atoms with E-state index in [0.29, 0.717) is 6.04 Å². The van der Waals surface area contributed by atoms with Gasteiger partial charge in [0.2, 0.25) is 0 Å². The molecule has 1 aliphatic carbocycles. The lowest BCUT2D eigenvalue weighted by Crippen LogP contribution is -2.50. The zero-order chi connectivity index (χ0) is 9.35.